The van der Waals surface area contributed by atoms with Crippen molar-refractivity contribution in [2.24, 2.45) is 0 Å². The molecular weight excluding hydrogens is 306 g/mol. The Balaban J connectivity index is 1.88. The van der Waals surface area contributed by atoms with Gasteiger partial charge in [0.15, 0.2) is 0 Å². The normalized spacial score (nSPS) is 10.4. The highest BCUT2D eigenvalue weighted by Crippen LogP contribution is 2.27. The van der Waals surface area contributed by atoms with Crippen LogP contribution in [0.5, 0.6) is 5.75 Å². The van der Waals surface area contributed by atoms with Gasteiger partial charge in [-0.25, -0.2) is 14.8 Å². The first kappa shape index (κ1) is 15.7. The maximum Gasteiger partial charge on any atom is 0.356 e. The number of nitrogens with zero attached hydrogens (tertiary/aromatic N) is 2. The summed E-state index contributed by atoms with van der Waals surface area (Å²) in [5, 5.41) is 5.20. The molecule has 0 amide bonds. The molecular formula is C18H17N3O3. The summed E-state index contributed by atoms with van der Waals surface area (Å²) in [5.41, 5.74) is 1.00. The van der Waals surface area contributed by atoms with E-state index >= 15 is 0 Å². The number of nitrogens with one attached hydrogen (secondary N) is 1. The van der Waals surface area contributed by atoms with Crippen LogP contribution >= 0.6 is 0 Å². The molecule has 2 aromatic heterocycles. The lowest BCUT2D eigenvalue weighted by Gasteiger charge is -2.10. The van der Waals surface area contributed by atoms with Crippen LogP contribution in [-0.2, 0) is 4.74 Å². The van der Waals surface area contributed by atoms with Crippen molar-refractivity contribution in [3.8, 4) is 5.75 Å². The number of carbonyl (C=O) groups is 1. The van der Waals surface area contributed by atoms with Gasteiger partial charge in [-0.15, -0.1) is 0 Å². The molecule has 3 rings (SSSR count). The van der Waals surface area contributed by atoms with Gasteiger partial charge in [-0.2, -0.15) is 0 Å². The molecule has 0 aliphatic rings. The molecule has 3 aromatic rings. The molecule has 0 fully saturated rings. The summed E-state index contributed by atoms with van der Waals surface area (Å²) >= 11 is 0. The van der Waals surface area contributed by atoms with Crippen LogP contribution in [-0.4, -0.2) is 29.7 Å². The smallest absolute Gasteiger partial charge is 0.356 e. The van der Waals surface area contributed by atoms with Crippen molar-refractivity contribution in [2.45, 2.75) is 6.92 Å². The Morgan fingerprint density at radius 2 is 2.04 bits per heavy atom. The van der Waals surface area contributed by atoms with Crippen molar-refractivity contribution in [3.05, 3.63) is 54.5 Å². The quantitative estimate of drug-likeness (QED) is 0.724. The minimum atomic E-state index is -0.433. The van der Waals surface area contributed by atoms with E-state index in [1.54, 1.807) is 38.6 Å². The lowest BCUT2D eigenvalue weighted by atomic mass is 10.1. The number of aromatic nitrogens is 2. The minimum absolute atomic E-state index is 0.273. The van der Waals surface area contributed by atoms with Gasteiger partial charge < -0.3 is 14.8 Å². The summed E-state index contributed by atoms with van der Waals surface area (Å²) < 4.78 is 10.2. The lowest BCUT2D eigenvalue weighted by Crippen LogP contribution is -2.07. The van der Waals surface area contributed by atoms with Crippen LogP contribution in [0.1, 0.15) is 17.4 Å². The molecule has 24 heavy (non-hydrogen) atoms. The van der Waals surface area contributed by atoms with Crippen LogP contribution in [0.4, 0.5) is 11.5 Å². The number of rotatable bonds is 5. The molecule has 0 atom stereocenters. The van der Waals surface area contributed by atoms with Crippen molar-refractivity contribution >= 4 is 28.2 Å². The zero-order valence-electron chi connectivity index (χ0n) is 13.4. The highest BCUT2D eigenvalue weighted by molar-refractivity contribution is 5.94. The Hall–Kier alpha value is -3.15. The molecule has 0 radical (unpaired) electrons. The Bertz CT molecular complexity index is 863. The van der Waals surface area contributed by atoms with Gasteiger partial charge in [-0.3, -0.25) is 0 Å². The molecule has 122 valence electrons. The number of pyridine rings is 2. The second kappa shape index (κ2) is 6.95. The summed E-state index contributed by atoms with van der Waals surface area (Å²) in [5.74, 6) is 1.02. The first-order valence-corrected chi connectivity index (χ1v) is 7.54. The van der Waals surface area contributed by atoms with Crippen LogP contribution in [0.3, 0.4) is 0 Å². The number of hydrogen-bond acceptors (Lipinski definition) is 6. The van der Waals surface area contributed by atoms with Crippen molar-refractivity contribution in [3.63, 3.8) is 0 Å². The summed E-state index contributed by atoms with van der Waals surface area (Å²) in [7, 11) is 1.63. The van der Waals surface area contributed by atoms with E-state index in [1.807, 2.05) is 24.3 Å². The highest BCUT2D eigenvalue weighted by atomic mass is 16.5. The van der Waals surface area contributed by atoms with Crippen molar-refractivity contribution < 1.29 is 14.3 Å². The average Bonchev–Trinajstić information content (AvgIpc) is 2.62. The lowest BCUT2D eigenvalue weighted by molar-refractivity contribution is 0.0519. The molecule has 0 aliphatic heterocycles. The third-order valence-corrected chi connectivity index (χ3v) is 3.48. The zero-order chi connectivity index (χ0) is 16.9. The summed E-state index contributed by atoms with van der Waals surface area (Å²) in [6.45, 7) is 2.08. The molecule has 2 heterocycles. The molecule has 6 heteroatoms. The number of fused-ring (bicyclic) bond motifs is 1. The third kappa shape index (κ3) is 3.27. The summed E-state index contributed by atoms with van der Waals surface area (Å²) in [4.78, 5) is 20.1. The van der Waals surface area contributed by atoms with E-state index in [1.165, 1.54) is 0 Å². The van der Waals surface area contributed by atoms with Gasteiger partial charge >= 0.3 is 5.97 Å². The van der Waals surface area contributed by atoms with Crippen LogP contribution in [0.25, 0.3) is 10.8 Å². The van der Waals surface area contributed by atoms with E-state index < -0.39 is 5.97 Å². The Morgan fingerprint density at radius 3 is 2.75 bits per heavy atom. The Labute approximate surface area is 139 Å². The molecule has 0 aliphatic carbocycles. The first-order chi connectivity index (χ1) is 11.7. The van der Waals surface area contributed by atoms with Crippen molar-refractivity contribution in [1.82, 2.24) is 9.97 Å². The summed E-state index contributed by atoms with van der Waals surface area (Å²) in [6, 6.07) is 11.1. The van der Waals surface area contributed by atoms with Gasteiger partial charge in [0, 0.05) is 11.6 Å². The van der Waals surface area contributed by atoms with Gasteiger partial charge in [0.05, 0.1) is 25.6 Å². The molecule has 6 nitrogen and oxygen atoms in total. The molecule has 0 saturated heterocycles. The molecule has 1 N–H and O–H groups in total. The predicted molar refractivity (Wildman–Crippen MR) is 91.8 cm³/mol. The van der Waals surface area contributed by atoms with Crippen LogP contribution in [0.15, 0.2) is 48.8 Å². The van der Waals surface area contributed by atoms with Crippen LogP contribution < -0.4 is 10.1 Å². The molecule has 0 bridgehead atoms. The van der Waals surface area contributed by atoms with Crippen molar-refractivity contribution in [1.29, 1.82) is 0 Å². The molecule has 0 saturated carbocycles. The third-order valence-electron chi connectivity index (χ3n) is 3.48. The minimum Gasteiger partial charge on any atom is -0.497 e. The maximum absolute atomic E-state index is 11.6. The predicted octanol–water partition coefficient (Wildman–Crippen LogP) is 3.56. The number of carbonyl (C=O) groups excluding carboxylic acids is 1. The Morgan fingerprint density at radius 1 is 1.17 bits per heavy atom. The SMILES string of the molecule is CCOC(=O)c1ccc(Nc2nccc3ccc(OC)cc23)cn1. The summed E-state index contributed by atoms with van der Waals surface area (Å²) in [6.07, 6.45) is 3.31. The largest absolute Gasteiger partial charge is 0.497 e. The number of esters is 1. The standard InChI is InChI=1S/C18H17N3O3/c1-3-24-18(22)16-7-5-13(11-20-16)21-17-15-10-14(23-2)6-4-12(15)8-9-19-17/h4-11H,3H2,1-2H3,(H,19,21). The van der Waals surface area contributed by atoms with Gasteiger partial charge in [0.25, 0.3) is 0 Å². The van der Waals surface area contributed by atoms with Gasteiger partial charge in [-0.05, 0) is 42.6 Å². The second-order valence-electron chi connectivity index (χ2n) is 5.02. The van der Waals surface area contributed by atoms with E-state index in [2.05, 4.69) is 15.3 Å². The van der Waals surface area contributed by atoms with E-state index in [0.717, 1.165) is 22.2 Å². The number of anilines is 2. The maximum atomic E-state index is 11.6. The number of ether oxygens (including phenoxy) is 2. The first-order valence-electron chi connectivity index (χ1n) is 7.54. The van der Waals surface area contributed by atoms with Gasteiger partial charge in [-0.1, -0.05) is 6.07 Å². The van der Waals surface area contributed by atoms with Crippen molar-refractivity contribution in [2.75, 3.05) is 19.0 Å². The zero-order valence-corrected chi connectivity index (χ0v) is 13.4. The monoisotopic (exact) mass is 323 g/mol. The highest BCUT2D eigenvalue weighted by Gasteiger charge is 2.09. The number of hydrogen-bond donors (Lipinski definition) is 1. The van der Waals surface area contributed by atoms with Crippen LogP contribution in [0.2, 0.25) is 0 Å². The fraction of sp³-hybridized carbons (Fsp3) is 0.167. The average molecular weight is 323 g/mol. The topological polar surface area (TPSA) is 73.3 Å². The number of benzene rings is 1. The molecule has 1 aromatic carbocycles. The van der Waals surface area contributed by atoms with Crippen LogP contribution in [0, 0.1) is 0 Å². The fourth-order valence-electron chi connectivity index (χ4n) is 2.30. The molecule has 0 spiro atoms. The van der Waals surface area contributed by atoms with E-state index in [-0.39, 0.29) is 5.69 Å². The van der Waals surface area contributed by atoms with E-state index in [9.17, 15) is 4.79 Å². The van der Waals surface area contributed by atoms with E-state index in [4.69, 9.17) is 9.47 Å². The fourth-order valence-corrected chi connectivity index (χ4v) is 2.30. The second-order valence-corrected chi connectivity index (χ2v) is 5.02. The van der Waals surface area contributed by atoms with Gasteiger partial charge in [0.1, 0.15) is 17.3 Å². The van der Waals surface area contributed by atoms with Gasteiger partial charge in [0.2, 0.25) is 0 Å². The number of methoxy groups -OCH3 is 1. The van der Waals surface area contributed by atoms with E-state index in [0.29, 0.717) is 12.4 Å². The molecule has 0 unspecified atom stereocenters. The Kier molecular flexibility index (Phi) is 4.56.